The van der Waals surface area contributed by atoms with Crippen LogP contribution in [0.4, 0.5) is 0 Å². The van der Waals surface area contributed by atoms with Gasteiger partial charge in [-0.05, 0) is 23.3 Å². The molecular weight excluding hydrogens is 404 g/mol. The number of hydrogen-bond acceptors (Lipinski definition) is 4. The van der Waals surface area contributed by atoms with Crippen LogP contribution in [0.3, 0.4) is 0 Å². The molecule has 6 nitrogen and oxygen atoms in total. The zero-order valence-corrected chi connectivity index (χ0v) is 17.9. The molecule has 6 heteroatoms. The Morgan fingerprint density at radius 3 is 2.00 bits per heavy atom. The van der Waals surface area contributed by atoms with E-state index < -0.39 is 6.04 Å². The molecule has 0 saturated heterocycles. The molecule has 3 aromatic rings. The van der Waals surface area contributed by atoms with Gasteiger partial charge in [-0.3, -0.25) is 9.59 Å². The standard InChI is InChI=1S/C26H28N2O4/c29-17-16-27-26(31)24(18-21-10-4-1-5-11-21)28(19-22-12-6-2-7-13-22)25(30)20-32-23-14-8-3-9-15-23/h1-15,24,29H,16-20H2,(H,27,31)/t24-/m0/s1. The Hall–Kier alpha value is -3.64. The summed E-state index contributed by atoms with van der Waals surface area (Å²) < 4.78 is 5.68. The van der Waals surface area contributed by atoms with E-state index in [4.69, 9.17) is 9.84 Å². The summed E-state index contributed by atoms with van der Waals surface area (Å²) in [5.41, 5.74) is 1.85. The number of nitrogens with one attached hydrogen (secondary N) is 1. The maximum Gasteiger partial charge on any atom is 0.261 e. The van der Waals surface area contributed by atoms with Gasteiger partial charge in [-0.25, -0.2) is 0 Å². The molecular formula is C26H28N2O4. The van der Waals surface area contributed by atoms with Gasteiger partial charge < -0.3 is 20.1 Å². The van der Waals surface area contributed by atoms with Gasteiger partial charge >= 0.3 is 0 Å². The first-order valence-corrected chi connectivity index (χ1v) is 10.6. The van der Waals surface area contributed by atoms with Crippen LogP contribution in [-0.4, -0.2) is 47.6 Å². The lowest BCUT2D eigenvalue weighted by atomic mass is 10.0. The SMILES string of the molecule is O=C(NCCO)[C@H](Cc1ccccc1)N(Cc1ccccc1)C(=O)COc1ccccc1. The number of aliphatic hydroxyl groups is 1. The number of aliphatic hydroxyl groups excluding tert-OH is 1. The van der Waals surface area contributed by atoms with Crippen LogP contribution in [-0.2, 0) is 22.6 Å². The lowest BCUT2D eigenvalue weighted by molar-refractivity contribution is -0.142. The van der Waals surface area contributed by atoms with Gasteiger partial charge in [0.25, 0.3) is 5.91 Å². The van der Waals surface area contributed by atoms with Gasteiger partial charge in [0.15, 0.2) is 6.61 Å². The monoisotopic (exact) mass is 432 g/mol. The van der Waals surface area contributed by atoms with Gasteiger partial charge in [0.2, 0.25) is 5.91 Å². The predicted molar refractivity (Wildman–Crippen MR) is 123 cm³/mol. The van der Waals surface area contributed by atoms with E-state index >= 15 is 0 Å². The number of nitrogens with zero attached hydrogens (tertiary/aromatic N) is 1. The van der Waals surface area contributed by atoms with Gasteiger partial charge in [-0.2, -0.15) is 0 Å². The summed E-state index contributed by atoms with van der Waals surface area (Å²) in [6.07, 6.45) is 0.349. The summed E-state index contributed by atoms with van der Waals surface area (Å²) in [7, 11) is 0. The van der Waals surface area contributed by atoms with E-state index in [1.807, 2.05) is 78.9 Å². The molecule has 3 aromatic carbocycles. The number of ether oxygens (including phenoxy) is 1. The van der Waals surface area contributed by atoms with Crippen LogP contribution in [0, 0.1) is 0 Å². The van der Waals surface area contributed by atoms with Crippen molar-refractivity contribution in [2.24, 2.45) is 0 Å². The van der Waals surface area contributed by atoms with Crippen molar-refractivity contribution < 1.29 is 19.4 Å². The third-order valence-electron chi connectivity index (χ3n) is 4.98. The highest BCUT2D eigenvalue weighted by molar-refractivity contribution is 5.88. The van der Waals surface area contributed by atoms with Gasteiger partial charge in [-0.1, -0.05) is 78.9 Å². The first kappa shape index (κ1) is 23.0. The van der Waals surface area contributed by atoms with Crippen molar-refractivity contribution in [3.05, 3.63) is 102 Å². The van der Waals surface area contributed by atoms with Crippen molar-refractivity contribution >= 4 is 11.8 Å². The molecule has 32 heavy (non-hydrogen) atoms. The summed E-state index contributed by atoms with van der Waals surface area (Å²) in [5.74, 6) is -0.0190. The predicted octanol–water partition coefficient (Wildman–Crippen LogP) is 2.81. The van der Waals surface area contributed by atoms with E-state index in [-0.39, 0.29) is 38.1 Å². The highest BCUT2D eigenvalue weighted by atomic mass is 16.5. The summed E-state index contributed by atoms with van der Waals surface area (Å²) in [4.78, 5) is 27.9. The summed E-state index contributed by atoms with van der Waals surface area (Å²) in [6.45, 7) is 0.0306. The number of carbonyl (C=O) groups is 2. The maximum atomic E-state index is 13.3. The first-order chi connectivity index (χ1) is 15.7. The lowest BCUT2D eigenvalue weighted by Gasteiger charge is -2.31. The molecule has 2 N–H and O–H groups in total. The summed E-state index contributed by atoms with van der Waals surface area (Å²) in [6, 6.07) is 27.5. The quantitative estimate of drug-likeness (QED) is 0.488. The molecule has 0 aliphatic carbocycles. The average molecular weight is 433 g/mol. The van der Waals surface area contributed by atoms with Crippen molar-refractivity contribution in [2.45, 2.75) is 19.0 Å². The Bertz CT molecular complexity index is 965. The minimum atomic E-state index is -0.754. The van der Waals surface area contributed by atoms with E-state index in [1.54, 1.807) is 17.0 Å². The van der Waals surface area contributed by atoms with Crippen LogP contribution in [0.2, 0.25) is 0 Å². The molecule has 0 heterocycles. The third kappa shape index (κ3) is 6.96. The van der Waals surface area contributed by atoms with E-state index in [9.17, 15) is 9.59 Å². The molecule has 0 radical (unpaired) electrons. The molecule has 0 aromatic heterocycles. The second-order valence-corrected chi connectivity index (χ2v) is 7.33. The summed E-state index contributed by atoms with van der Waals surface area (Å²) in [5, 5.41) is 11.9. The molecule has 166 valence electrons. The third-order valence-corrected chi connectivity index (χ3v) is 4.98. The summed E-state index contributed by atoms with van der Waals surface area (Å²) >= 11 is 0. The van der Waals surface area contributed by atoms with Crippen LogP contribution in [0.25, 0.3) is 0 Å². The molecule has 0 spiro atoms. The minimum Gasteiger partial charge on any atom is -0.484 e. The normalized spacial score (nSPS) is 11.4. The fourth-order valence-electron chi connectivity index (χ4n) is 3.38. The van der Waals surface area contributed by atoms with Crippen LogP contribution in [0.5, 0.6) is 5.75 Å². The number of rotatable bonds is 11. The second kappa shape index (κ2) is 12.3. The molecule has 0 fully saturated rings. The number of benzene rings is 3. The highest BCUT2D eigenvalue weighted by Gasteiger charge is 2.30. The van der Waals surface area contributed by atoms with Crippen LogP contribution < -0.4 is 10.1 Å². The molecule has 2 amide bonds. The lowest BCUT2D eigenvalue weighted by Crippen LogP contribution is -2.52. The van der Waals surface area contributed by atoms with E-state index in [1.165, 1.54) is 0 Å². The fourth-order valence-corrected chi connectivity index (χ4v) is 3.38. The Morgan fingerprint density at radius 1 is 0.844 bits per heavy atom. The Kier molecular flexibility index (Phi) is 8.83. The molecule has 0 aliphatic heterocycles. The zero-order chi connectivity index (χ0) is 22.6. The van der Waals surface area contributed by atoms with Crippen molar-refractivity contribution in [3.8, 4) is 5.75 Å². The fraction of sp³-hybridized carbons (Fsp3) is 0.231. The Morgan fingerprint density at radius 2 is 1.41 bits per heavy atom. The second-order valence-electron chi connectivity index (χ2n) is 7.33. The van der Waals surface area contributed by atoms with Crippen molar-refractivity contribution in [1.29, 1.82) is 0 Å². The number of amides is 2. The highest BCUT2D eigenvalue weighted by Crippen LogP contribution is 2.16. The van der Waals surface area contributed by atoms with Gasteiger partial charge in [0.05, 0.1) is 6.61 Å². The largest absolute Gasteiger partial charge is 0.484 e. The van der Waals surface area contributed by atoms with Crippen LogP contribution in [0.15, 0.2) is 91.0 Å². The number of hydrogen-bond donors (Lipinski definition) is 2. The number of para-hydroxylation sites is 1. The smallest absolute Gasteiger partial charge is 0.261 e. The molecule has 0 saturated carbocycles. The van der Waals surface area contributed by atoms with E-state index in [0.29, 0.717) is 12.2 Å². The number of carbonyl (C=O) groups excluding carboxylic acids is 2. The Labute approximate surface area is 188 Å². The van der Waals surface area contributed by atoms with E-state index in [0.717, 1.165) is 11.1 Å². The van der Waals surface area contributed by atoms with Gasteiger partial charge in [0, 0.05) is 19.5 Å². The van der Waals surface area contributed by atoms with Crippen molar-refractivity contribution in [1.82, 2.24) is 10.2 Å². The van der Waals surface area contributed by atoms with Crippen LogP contribution >= 0.6 is 0 Å². The maximum absolute atomic E-state index is 13.3. The average Bonchev–Trinajstić information content (AvgIpc) is 2.85. The topological polar surface area (TPSA) is 78.9 Å². The zero-order valence-electron chi connectivity index (χ0n) is 17.9. The molecule has 0 aliphatic rings. The molecule has 3 rings (SSSR count). The van der Waals surface area contributed by atoms with Crippen molar-refractivity contribution in [3.63, 3.8) is 0 Å². The molecule has 1 atom stereocenters. The van der Waals surface area contributed by atoms with Crippen molar-refractivity contribution in [2.75, 3.05) is 19.8 Å². The first-order valence-electron chi connectivity index (χ1n) is 10.6. The van der Waals surface area contributed by atoms with Gasteiger partial charge in [-0.15, -0.1) is 0 Å². The van der Waals surface area contributed by atoms with Gasteiger partial charge in [0.1, 0.15) is 11.8 Å². The minimum absolute atomic E-state index is 0.123. The van der Waals surface area contributed by atoms with E-state index in [2.05, 4.69) is 5.32 Å². The molecule has 0 bridgehead atoms. The Balaban J connectivity index is 1.86. The van der Waals surface area contributed by atoms with Crippen LogP contribution in [0.1, 0.15) is 11.1 Å². The molecule has 0 unspecified atom stereocenters.